The number of piperidine rings is 1. The smallest absolute Gasteiger partial charge is 0.253 e. The molecule has 1 saturated heterocycles. The first-order valence-electron chi connectivity index (χ1n) is 10.1. The molecule has 30 heavy (non-hydrogen) atoms. The molecular weight excluding hydrogens is 398 g/mol. The monoisotopic (exact) mass is 423 g/mol. The molecule has 1 aliphatic heterocycles. The zero-order chi connectivity index (χ0) is 21.1. The third-order valence-electron chi connectivity index (χ3n) is 5.28. The van der Waals surface area contributed by atoms with Crippen molar-refractivity contribution in [3.05, 3.63) is 64.4 Å². The summed E-state index contributed by atoms with van der Waals surface area (Å²) in [6.07, 6.45) is 3.23. The quantitative estimate of drug-likeness (QED) is 0.668. The van der Waals surface area contributed by atoms with Gasteiger partial charge in [0.2, 0.25) is 5.91 Å². The topological polar surface area (TPSA) is 75.4 Å². The van der Waals surface area contributed by atoms with Gasteiger partial charge < -0.3 is 14.6 Å². The van der Waals surface area contributed by atoms with Crippen molar-refractivity contribution in [1.82, 2.24) is 15.2 Å². The molecule has 0 bridgehead atoms. The second-order valence-electron chi connectivity index (χ2n) is 7.81. The first-order chi connectivity index (χ1) is 14.5. The Hall–Kier alpha value is -2.93. The summed E-state index contributed by atoms with van der Waals surface area (Å²) >= 11 is 1.49. The molecule has 1 atom stereocenters. The molecule has 156 valence electrons. The van der Waals surface area contributed by atoms with Gasteiger partial charge in [-0.25, -0.2) is 4.98 Å². The number of amides is 2. The molecule has 1 fully saturated rings. The second-order valence-corrected chi connectivity index (χ2v) is 8.66. The van der Waals surface area contributed by atoms with E-state index in [0.29, 0.717) is 25.2 Å². The molecule has 2 amide bonds. The van der Waals surface area contributed by atoms with E-state index in [4.69, 9.17) is 4.42 Å². The van der Waals surface area contributed by atoms with Gasteiger partial charge in [0.15, 0.2) is 10.8 Å². The van der Waals surface area contributed by atoms with Crippen LogP contribution in [0.1, 0.15) is 40.0 Å². The number of carbonyl (C=O) groups excluding carboxylic acids is 2. The van der Waals surface area contributed by atoms with Crippen LogP contribution in [0.5, 0.6) is 0 Å². The molecule has 2 aromatic heterocycles. The lowest BCUT2D eigenvalue weighted by Gasteiger charge is -2.32. The van der Waals surface area contributed by atoms with E-state index < -0.39 is 0 Å². The molecular formula is C23H25N3O3S. The first kappa shape index (κ1) is 20.3. The van der Waals surface area contributed by atoms with Gasteiger partial charge in [-0.15, -0.1) is 11.3 Å². The molecule has 3 heterocycles. The molecule has 1 N–H and O–H groups in total. The molecule has 0 aliphatic carbocycles. The van der Waals surface area contributed by atoms with Crippen LogP contribution in [0, 0.1) is 19.8 Å². The third kappa shape index (κ3) is 4.62. The maximum Gasteiger partial charge on any atom is 0.253 e. The maximum atomic E-state index is 12.9. The summed E-state index contributed by atoms with van der Waals surface area (Å²) in [5.41, 5.74) is 3.64. The molecule has 4 rings (SSSR count). The molecule has 1 unspecified atom stereocenters. The van der Waals surface area contributed by atoms with Gasteiger partial charge in [0, 0.05) is 24.0 Å². The molecule has 1 aliphatic rings. The largest absolute Gasteiger partial charge is 0.462 e. The minimum atomic E-state index is -0.197. The second kappa shape index (κ2) is 8.83. The summed E-state index contributed by atoms with van der Waals surface area (Å²) in [4.78, 5) is 32.0. The lowest BCUT2D eigenvalue weighted by Crippen LogP contribution is -2.45. The Morgan fingerprint density at radius 2 is 2.07 bits per heavy atom. The molecule has 0 spiro atoms. The van der Waals surface area contributed by atoms with Crippen molar-refractivity contribution in [3.63, 3.8) is 0 Å². The van der Waals surface area contributed by atoms with Crippen LogP contribution < -0.4 is 5.32 Å². The van der Waals surface area contributed by atoms with Gasteiger partial charge in [-0.3, -0.25) is 9.59 Å². The third-order valence-corrected chi connectivity index (χ3v) is 6.18. The van der Waals surface area contributed by atoms with Gasteiger partial charge >= 0.3 is 0 Å². The number of likely N-dealkylation sites (tertiary alicyclic amines) is 1. The Bertz CT molecular complexity index is 1020. The standard InChI is InChI=1S/C23H25N3O3S/c1-15-9-16(2)11-18(10-15)23(28)26-7-3-5-17(13-26)21(27)24-12-19-14-30-22(25-19)20-6-4-8-29-20/h4,6,8-11,14,17H,3,5,7,12-13H2,1-2H3,(H,24,27). The number of aromatic nitrogens is 1. The van der Waals surface area contributed by atoms with Gasteiger partial charge in [-0.05, 0) is 51.0 Å². The van der Waals surface area contributed by atoms with E-state index in [1.165, 1.54) is 11.3 Å². The number of aryl methyl sites for hydroxylation is 2. The van der Waals surface area contributed by atoms with Gasteiger partial charge in [0.25, 0.3) is 5.91 Å². The summed E-state index contributed by atoms with van der Waals surface area (Å²) < 4.78 is 5.36. The van der Waals surface area contributed by atoms with Crippen LogP contribution in [0.25, 0.3) is 10.8 Å². The molecule has 1 aromatic carbocycles. The Labute approximate surface area is 179 Å². The van der Waals surface area contributed by atoms with Crippen LogP contribution in [0.4, 0.5) is 0 Å². The van der Waals surface area contributed by atoms with Crippen molar-refractivity contribution in [2.45, 2.75) is 33.2 Å². The lowest BCUT2D eigenvalue weighted by molar-refractivity contribution is -0.126. The SMILES string of the molecule is Cc1cc(C)cc(C(=O)N2CCCC(C(=O)NCc3csc(-c4ccco4)n3)C2)c1. The normalized spacial score (nSPS) is 16.5. The van der Waals surface area contributed by atoms with E-state index in [9.17, 15) is 9.59 Å². The van der Waals surface area contributed by atoms with Crippen LogP contribution >= 0.6 is 11.3 Å². The highest BCUT2D eigenvalue weighted by molar-refractivity contribution is 7.13. The molecule has 6 nitrogen and oxygen atoms in total. The first-order valence-corrected chi connectivity index (χ1v) is 11.0. The van der Waals surface area contributed by atoms with E-state index in [-0.39, 0.29) is 17.7 Å². The van der Waals surface area contributed by atoms with Gasteiger partial charge in [0.05, 0.1) is 24.4 Å². The number of hydrogen-bond donors (Lipinski definition) is 1. The Kier molecular flexibility index (Phi) is 5.99. The summed E-state index contributed by atoms with van der Waals surface area (Å²) in [7, 11) is 0. The minimum Gasteiger partial charge on any atom is -0.462 e. The maximum absolute atomic E-state index is 12.9. The predicted octanol–water partition coefficient (Wildman–Crippen LogP) is 4.19. The van der Waals surface area contributed by atoms with Crippen LogP contribution in [-0.2, 0) is 11.3 Å². The Morgan fingerprint density at radius 1 is 1.27 bits per heavy atom. The van der Waals surface area contributed by atoms with E-state index in [2.05, 4.69) is 16.4 Å². The Morgan fingerprint density at radius 3 is 2.80 bits per heavy atom. The number of thiazole rings is 1. The van der Waals surface area contributed by atoms with E-state index in [1.807, 2.05) is 43.5 Å². The molecule has 7 heteroatoms. The molecule has 0 radical (unpaired) electrons. The number of nitrogens with zero attached hydrogens (tertiary/aromatic N) is 2. The van der Waals surface area contributed by atoms with Crippen LogP contribution in [-0.4, -0.2) is 34.8 Å². The number of benzene rings is 1. The van der Waals surface area contributed by atoms with Crippen molar-refractivity contribution in [2.75, 3.05) is 13.1 Å². The summed E-state index contributed by atoms with van der Waals surface area (Å²) in [6, 6.07) is 9.58. The van der Waals surface area contributed by atoms with Crippen molar-refractivity contribution < 1.29 is 14.0 Å². The summed E-state index contributed by atoms with van der Waals surface area (Å²) in [5, 5.41) is 5.71. The number of hydrogen-bond acceptors (Lipinski definition) is 5. The van der Waals surface area contributed by atoms with Crippen molar-refractivity contribution in [2.24, 2.45) is 5.92 Å². The van der Waals surface area contributed by atoms with Gasteiger partial charge in [-0.1, -0.05) is 17.2 Å². The number of rotatable bonds is 5. The van der Waals surface area contributed by atoms with Crippen molar-refractivity contribution in [1.29, 1.82) is 0 Å². The zero-order valence-electron chi connectivity index (χ0n) is 17.2. The number of carbonyl (C=O) groups is 2. The fraction of sp³-hybridized carbons (Fsp3) is 0.348. The van der Waals surface area contributed by atoms with Crippen LogP contribution in [0.15, 0.2) is 46.4 Å². The Balaban J connectivity index is 1.35. The van der Waals surface area contributed by atoms with Crippen LogP contribution in [0.2, 0.25) is 0 Å². The fourth-order valence-corrected chi connectivity index (χ4v) is 4.67. The molecule has 3 aromatic rings. The fourth-order valence-electron chi connectivity index (χ4n) is 3.88. The van der Waals surface area contributed by atoms with Crippen LogP contribution in [0.3, 0.4) is 0 Å². The summed E-state index contributed by atoms with van der Waals surface area (Å²) in [5.74, 6) is 0.504. The highest BCUT2D eigenvalue weighted by Crippen LogP contribution is 2.24. The van der Waals surface area contributed by atoms with Gasteiger partial charge in [0.1, 0.15) is 0 Å². The molecule has 0 saturated carbocycles. The lowest BCUT2D eigenvalue weighted by atomic mass is 9.96. The van der Waals surface area contributed by atoms with E-state index in [0.717, 1.165) is 40.4 Å². The highest BCUT2D eigenvalue weighted by atomic mass is 32.1. The average molecular weight is 424 g/mol. The van der Waals surface area contributed by atoms with E-state index >= 15 is 0 Å². The van der Waals surface area contributed by atoms with E-state index in [1.54, 1.807) is 11.2 Å². The van der Waals surface area contributed by atoms with Gasteiger partial charge in [-0.2, -0.15) is 0 Å². The highest BCUT2D eigenvalue weighted by Gasteiger charge is 2.29. The minimum absolute atomic E-state index is 0.00175. The number of furan rings is 1. The zero-order valence-corrected chi connectivity index (χ0v) is 18.0. The van der Waals surface area contributed by atoms with Crippen molar-refractivity contribution in [3.8, 4) is 10.8 Å². The number of nitrogens with one attached hydrogen (secondary N) is 1. The predicted molar refractivity (Wildman–Crippen MR) is 116 cm³/mol. The van der Waals surface area contributed by atoms with Crippen molar-refractivity contribution >= 4 is 23.2 Å². The average Bonchev–Trinajstić information content (AvgIpc) is 3.42. The summed E-state index contributed by atoms with van der Waals surface area (Å²) in [6.45, 7) is 5.50.